The van der Waals surface area contributed by atoms with Crippen LogP contribution in [0.15, 0.2) is 58.2 Å². The molecule has 0 aliphatic carbocycles. The Morgan fingerprint density at radius 2 is 2.00 bits per heavy atom. The molecule has 0 spiro atoms. The summed E-state index contributed by atoms with van der Waals surface area (Å²) in [5, 5.41) is 9.81. The second-order valence-electron chi connectivity index (χ2n) is 8.75. The zero-order valence-corrected chi connectivity index (χ0v) is 21.7. The van der Waals surface area contributed by atoms with Crippen LogP contribution >= 0.6 is 11.8 Å². The first-order chi connectivity index (χ1) is 17.6. The summed E-state index contributed by atoms with van der Waals surface area (Å²) in [6.07, 6.45) is 6.34. The molecule has 0 saturated carbocycles. The molecule has 0 aromatic carbocycles. The van der Waals surface area contributed by atoms with Gasteiger partial charge in [-0.25, -0.2) is 32.6 Å². The second-order valence-corrected chi connectivity index (χ2v) is 9.56. The number of pyridine rings is 1. The Morgan fingerprint density at radius 1 is 1.27 bits per heavy atom. The maximum Gasteiger partial charge on any atom is 0.341 e. The van der Waals surface area contributed by atoms with E-state index in [9.17, 15) is 18.0 Å². The molecule has 196 valence electrons. The molecule has 12 heteroatoms. The molecule has 1 atom stereocenters. The quantitative estimate of drug-likeness (QED) is 0.359. The predicted octanol–water partition coefficient (Wildman–Crippen LogP) is 5.27. The number of allylic oxidation sites excluding steroid dienone is 3. The van der Waals surface area contributed by atoms with Crippen molar-refractivity contribution in [1.29, 1.82) is 0 Å². The third kappa shape index (κ3) is 5.58. The average molecular weight is 533 g/mol. The lowest BCUT2D eigenvalue weighted by Gasteiger charge is -2.41. The number of likely N-dealkylation sites (tertiary alicyclic amines) is 1. The molecule has 2 aromatic heterocycles. The van der Waals surface area contributed by atoms with E-state index in [1.165, 1.54) is 16.0 Å². The zero-order valence-electron chi connectivity index (χ0n) is 20.9. The molecule has 37 heavy (non-hydrogen) atoms. The summed E-state index contributed by atoms with van der Waals surface area (Å²) in [5.41, 5.74) is 2.03. The lowest BCUT2D eigenvalue weighted by Crippen LogP contribution is -2.59. The van der Waals surface area contributed by atoms with Crippen LogP contribution in [0.1, 0.15) is 24.7 Å². The van der Waals surface area contributed by atoms with Gasteiger partial charge in [-0.2, -0.15) is 10.2 Å². The highest BCUT2D eigenvalue weighted by molar-refractivity contribution is 7.98. The fourth-order valence-electron chi connectivity index (χ4n) is 4.17. The molecule has 0 unspecified atom stereocenters. The maximum absolute atomic E-state index is 14.5. The van der Waals surface area contributed by atoms with Crippen molar-refractivity contribution in [2.75, 3.05) is 19.3 Å². The van der Waals surface area contributed by atoms with Crippen LogP contribution in [0, 0.1) is 19.7 Å². The summed E-state index contributed by atoms with van der Waals surface area (Å²) in [6, 6.07) is 0.496. The SMILES string of the molecule is C=C(/C=C(F)\C=C(/C)F)[C@@H]1CC=NN1C(=O)N1CC(Oc2cc(-n3nc(C)c(SC)c3C)ncc2F)C1. The van der Waals surface area contributed by atoms with E-state index in [4.69, 9.17) is 4.74 Å². The Bertz CT molecular complexity index is 1310. The molecule has 1 fully saturated rings. The van der Waals surface area contributed by atoms with Gasteiger partial charge in [-0.1, -0.05) is 6.58 Å². The molecule has 0 bridgehead atoms. The van der Waals surface area contributed by atoms with E-state index in [1.54, 1.807) is 22.7 Å². The monoisotopic (exact) mass is 532 g/mol. The van der Waals surface area contributed by atoms with Crippen LogP contribution in [-0.4, -0.2) is 68.4 Å². The summed E-state index contributed by atoms with van der Waals surface area (Å²) in [5.74, 6) is -1.66. The van der Waals surface area contributed by atoms with Gasteiger partial charge in [-0.3, -0.25) is 0 Å². The number of aryl methyl sites for hydroxylation is 1. The van der Waals surface area contributed by atoms with Crippen molar-refractivity contribution in [2.24, 2.45) is 5.10 Å². The van der Waals surface area contributed by atoms with Gasteiger partial charge in [0.25, 0.3) is 0 Å². The van der Waals surface area contributed by atoms with E-state index in [1.807, 2.05) is 20.1 Å². The molecular formula is C25H27F3N6O2S. The van der Waals surface area contributed by atoms with Crippen molar-refractivity contribution in [3.8, 4) is 11.6 Å². The highest BCUT2D eigenvalue weighted by Gasteiger charge is 2.39. The van der Waals surface area contributed by atoms with Crippen LogP contribution in [0.2, 0.25) is 0 Å². The van der Waals surface area contributed by atoms with E-state index in [0.717, 1.165) is 41.6 Å². The number of hydrogen-bond acceptors (Lipinski definition) is 6. The number of halogens is 3. The first kappa shape index (κ1) is 26.5. The first-order valence-electron chi connectivity index (χ1n) is 11.5. The van der Waals surface area contributed by atoms with E-state index in [0.29, 0.717) is 12.2 Å². The molecule has 0 radical (unpaired) electrons. The van der Waals surface area contributed by atoms with Crippen LogP contribution in [0.5, 0.6) is 5.75 Å². The number of rotatable bonds is 7. The number of urea groups is 1. The summed E-state index contributed by atoms with van der Waals surface area (Å²) in [4.78, 5) is 19.6. The summed E-state index contributed by atoms with van der Waals surface area (Å²) in [7, 11) is 0. The van der Waals surface area contributed by atoms with Crippen molar-refractivity contribution in [3.05, 3.63) is 65.4 Å². The smallest absolute Gasteiger partial charge is 0.341 e. The van der Waals surface area contributed by atoms with Gasteiger partial charge >= 0.3 is 6.03 Å². The Balaban J connectivity index is 1.39. The fraction of sp³-hybridized carbons (Fsp3) is 0.360. The maximum atomic E-state index is 14.5. The highest BCUT2D eigenvalue weighted by Crippen LogP contribution is 2.29. The van der Waals surface area contributed by atoms with Crippen LogP contribution in [0.4, 0.5) is 18.0 Å². The number of carbonyl (C=O) groups is 1. The number of nitrogens with zero attached hydrogens (tertiary/aromatic N) is 6. The lowest BCUT2D eigenvalue weighted by atomic mass is 10.1. The number of amides is 2. The molecule has 2 aliphatic heterocycles. The third-order valence-electron chi connectivity index (χ3n) is 5.98. The van der Waals surface area contributed by atoms with Gasteiger partial charge in [0.2, 0.25) is 0 Å². The summed E-state index contributed by atoms with van der Waals surface area (Å²) < 4.78 is 48.8. The number of carbonyl (C=O) groups excluding carboxylic acids is 1. The Morgan fingerprint density at radius 3 is 2.65 bits per heavy atom. The molecule has 1 saturated heterocycles. The zero-order chi connectivity index (χ0) is 26.9. The topological polar surface area (TPSA) is 75.8 Å². The number of aromatic nitrogens is 3. The Hall–Kier alpha value is -3.54. The van der Waals surface area contributed by atoms with E-state index < -0.39 is 35.6 Å². The fourth-order valence-corrected chi connectivity index (χ4v) is 4.89. The van der Waals surface area contributed by atoms with Gasteiger partial charge in [0.1, 0.15) is 11.9 Å². The van der Waals surface area contributed by atoms with Gasteiger partial charge in [0.15, 0.2) is 17.4 Å². The minimum atomic E-state index is -0.800. The third-order valence-corrected chi connectivity index (χ3v) is 6.98. The number of hydrogen-bond donors (Lipinski definition) is 0. The van der Waals surface area contributed by atoms with Crippen LogP contribution in [0.25, 0.3) is 5.82 Å². The predicted molar refractivity (Wildman–Crippen MR) is 136 cm³/mol. The van der Waals surface area contributed by atoms with Crippen molar-refractivity contribution in [2.45, 2.75) is 44.2 Å². The molecule has 8 nitrogen and oxygen atoms in total. The van der Waals surface area contributed by atoms with E-state index in [-0.39, 0.29) is 24.4 Å². The van der Waals surface area contributed by atoms with Crippen molar-refractivity contribution < 1.29 is 22.7 Å². The van der Waals surface area contributed by atoms with Gasteiger partial charge in [0, 0.05) is 24.8 Å². The molecule has 4 rings (SSSR count). The van der Waals surface area contributed by atoms with Gasteiger partial charge in [-0.15, -0.1) is 11.8 Å². The van der Waals surface area contributed by atoms with Crippen LogP contribution < -0.4 is 4.74 Å². The van der Waals surface area contributed by atoms with E-state index >= 15 is 0 Å². The van der Waals surface area contributed by atoms with Crippen molar-refractivity contribution >= 4 is 24.0 Å². The Kier molecular flexibility index (Phi) is 7.76. The molecule has 4 heterocycles. The van der Waals surface area contributed by atoms with E-state index in [2.05, 4.69) is 21.8 Å². The minimum absolute atomic E-state index is 0.0163. The standard InChI is InChI=1S/C25H27F3N6O2S/c1-14(8-18(27)9-15(2)26)21-6-7-30-34(21)25(35)32-12-19(13-32)36-22-10-23(29-11-20(22)28)33-17(4)24(37-5)16(3)31-33/h7-11,19,21H,1,6,12-13H2,2-5H3/b15-9+,18-8+/t21-/m0/s1. The van der Waals surface area contributed by atoms with Gasteiger partial charge in [0.05, 0.1) is 47.4 Å². The van der Waals surface area contributed by atoms with Gasteiger partial charge in [-0.05, 0) is 38.7 Å². The summed E-state index contributed by atoms with van der Waals surface area (Å²) >= 11 is 1.58. The molecule has 2 aliphatic rings. The average Bonchev–Trinajstić information content (AvgIpc) is 3.40. The molecular weight excluding hydrogens is 505 g/mol. The van der Waals surface area contributed by atoms with Crippen molar-refractivity contribution in [3.63, 3.8) is 0 Å². The largest absolute Gasteiger partial charge is 0.483 e. The highest BCUT2D eigenvalue weighted by atomic mass is 32.2. The second kappa shape index (κ2) is 10.8. The normalized spacial score (nSPS) is 18.4. The molecule has 2 aromatic rings. The van der Waals surface area contributed by atoms with Crippen LogP contribution in [0.3, 0.4) is 0 Å². The number of hydrazone groups is 1. The number of thioether (sulfide) groups is 1. The number of ether oxygens (including phenoxy) is 1. The molecule has 2 amide bonds. The summed E-state index contributed by atoms with van der Waals surface area (Å²) in [6.45, 7) is 9.18. The minimum Gasteiger partial charge on any atom is -0.483 e. The molecule has 0 N–H and O–H groups in total. The van der Waals surface area contributed by atoms with Crippen LogP contribution in [-0.2, 0) is 0 Å². The Labute approximate surface area is 217 Å². The first-order valence-corrected chi connectivity index (χ1v) is 12.7. The van der Waals surface area contributed by atoms with Crippen molar-refractivity contribution in [1.82, 2.24) is 24.7 Å². The van der Waals surface area contributed by atoms with Gasteiger partial charge < -0.3 is 9.64 Å². The lowest BCUT2D eigenvalue weighted by molar-refractivity contribution is 0.0273.